The van der Waals surface area contributed by atoms with Crippen molar-refractivity contribution >= 4 is 22.9 Å². The molecule has 1 saturated carbocycles. The molecule has 1 aliphatic carbocycles. The number of aliphatic hydroxyl groups excluding tert-OH is 1. The number of carbonyl (C=O) groups excluding carboxylic acids is 1. The van der Waals surface area contributed by atoms with Gasteiger partial charge in [0.15, 0.2) is 0 Å². The number of aliphatic hydroxyl groups is 1. The molecular formula is C16H18N2O2S. The van der Waals surface area contributed by atoms with Crippen LogP contribution >= 0.6 is 11.3 Å². The zero-order valence-corrected chi connectivity index (χ0v) is 12.7. The summed E-state index contributed by atoms with van der Waals surface area (Å²) in [5.74, 6) is -0.373. The first-order valence-corrected chi connectivity index (χ1v) is 8.03. The number of anilines is 1. The van der Waals surface area contributed by atoms with Gasteiger partial charge in [0, 0.05) is 16.6 Å². The van der Waals surface area contributed by atoms with Crippen LogP contribution < -0.4 is 5.32 Å². The Bertz CT molecular complexity index is 653. The van der Waals surface area contributed by atoms with E-state index in [-0.39, 0.29) is 11.8 Å². The van der Waals surface area contributed by atoms with E-state index >= 15 is 0 Å². The molecule has 2 atom stereocenters. The second-order valence-electron chi connectivity index (χ2n) is 5.43. The summed E-state index contributed by atoms with van der Waals surface area (Å²) >= 11 is 1.61. The Labute approximate surface area is 127 Å². The highest BCUT2D eigenvalue weighted by atomic mass is 32.1. The maximum atomic E-state index is 12.2. The number of nitrogens with one attached hydrogen (secondary N) is 1. The second-order valence-corrected chi connectivity index (χ2v) is 6.49. The fourth-order valence-electron chi connectivity index (χ4n) is 2.73. The number of hydrogen-bond donors (Lipinski definition) is 2. The van der Waals surface area contributed by atoms with Crippen LogP contribution in [0.5, 0.6) is 0 Å². The Hall–Kier alpha value is -1.72. The minimum atomic E-state index is -0.505. The van der Waals surface area contributed by atoms with Crippen LogP contribution in [0.15, 0.2) is 29.6 Å². The van der Waals surface area contributed by atoms with Gasteiger partial charge in [-0.05, 0) is 38.3 Å². The summed E-state index contributed by atoms with van der Waals surface area (Å²) in [6.07, 6.45) is 1.89. The number of aryl methyl sites for hydroxylation is 1. The van der Waals surface area contributed by atoms with Crippen molar-refractivity contribution in [2.24, 2.45) is 5.92 Å². The van der Waals surface area contributed by atoms with E-state index in [1.54, 1.807) is 11.3 Å². The van der Waals surface area contributed by atoms with Crippen molar-refractivity contribution in [1.29, 1.82) is 0 Å². The van der Waals surface area contributed by atoms with Gasteiger partial charge in [-0.25, -0.2) is 4.98 Å². The molecule has 2 N–H and O–H groups in total. The number of aromatic nitrogens is 1. The standard InChI is InChI=1S/C16H18N2O2S/c1-10-17-14(9-21-10)11-4-2-5-12(8-11)18-16(20)13-6-3-7-15(13)19/h2,4-5,8-9,13,15,19H,3,6-7H2,1H3,(H,18,20). The van der Waals surface area contributed by atoms with E-state index in [0.717, 1.165) is 41.2 Å². The Morgan fingerprint density at radius 1 is 1.43 bits per heavy atom. The average Bonchev–Trinajstić information content (AvgIpc) is 3.08. The predicted octanol–water partition coefficient (Wildman–Crippen LogP) is 3.22. The van der Waals surface area contributed by atoms with Crippen molar-refractivity contribution in [2.75, 3.05) is 5.32 Å². The summed E-state index contributed by atoms with van der Waals surface area (Å²) in [5.41, 5.74) is 2.67. The van der Waals surface area contributed by atoms with Crippen LogP contribution in [0.3, 0.4) is 0 Å². The lowest BCUT2D eigenvalue weighted by atomic mass is 10.0. The van der Waals surface area contributed by atoms with Gasteiger partial charge in [0.1, 0.15) is 0 Å². The Morgan fingerprint density at radius 3 is 2.95 bits per heavy atom. The van der Waals surface area contributed by atoms with Crippen molar-refractivity contribution in [3.05, 3.63) is 34.7 Å². The maximum absolute atomic E-state index is 12.2. The summed E-state index contributed by atoms with van der Waals surface area (Å²) in [5, 5.41) is 15.7. The molecule has 2 aromatic rings. The number of benzene rings is 1. The molecule has 0 bridgehead atoms. The number of nitrogens with zero attached hydrogens (tertiary/aromatic N) is 1. The normalized spacial score (nSPS) is 21.4. The zero-order chi connectivity index (χ0) is 14.8. The van der Waals surface area contributed by atoms with Gasteiger partial charge >= 0.3 is 0 Å². The molecule has 0 saturated heterocycles. The molecule has 0 spiro atoms. The van der Waals surface area contributed by atoms with Crippen LogP contribution in [-0.2, 0) is 4.79 Å². The van der Waals surface area contributed by atoms with Gasteiger partial charge in [-0.2, -0.15) is 0 Å². The molecule has 1 aliphatic rings. The van der Waals surface area contributed by atoms with E-state index in [0.29, 0.717) is 0 Å². The molecule has 4 nitrogen and oxygen atoms in total. The van der Waals surface area contributed by atoms with E-state index < -0.39 is 6.10 Å². The van der Waals surface area contributed by atoms with Crippen molar-refractivity contribution in [3.8, 4) is 11.3 Å². The predicted molar refractivity (Wildman–Crippen MR) is 84.3 cm³/mol. The Morgan fingerprint density at radius 2 is 2.29 bits per heavy atom. The van der Waals surface area contributed by atoms with Crippen LogP contribution in [0.25, 0.3) is 11.3 Å². The Kier molecular flexibility index (Phi) is 4.03. The molecule has 1 aromatic carbocycles. The number of hydrogen-bond acceptors (Lipinski definition) is 4. The number of carbonyl (C=O) groups is 1. The minimum absolute atomic E-state index is 0.0911. The van der Waals surface area contributed by atoms with Gasteiger partial charge in [-0.3, -0.25) is 4.79 Å². The van der Waals surface area contributed by atoms with Crippen molar-refractivity contribution in [1.82, 2.24) is 4.98 Å². The SMILES string of the molecule is Cc1nc(-c2cccc(NC(=O)C3CCCC3O)c2)cs1. The van der Waals surface area contributed by atoms with Gasteiger partial charge in [-0.15, -0.1) is 11.3 Å². The van der Waals surface area contributed by atoms with Gasteiger partial charge in [0.25, 0.3) is 0 Å². The first kappa shape index (κ1) is 14.2. The minimum Gasteiger partial charge on any atom is -0.392 e. The lowest BCUT2D eigenvalue weighted by molar-refractivity contribution is -0.122. The molecule has 3 rings (SSSR count). The zero-order valence-electron chi connectivity index (χ0n) is 11.9. The quantitative estimate of drug-likeness (QED) is 0.915. The highest BCUT2D eigenvalue weighted by Crippen LogP contribution is 2.28. The average molecular weight is 302 g/mol. The monoisotopic (exact) mass is 302 g/mol. The van der Waals surface area contributed by atoms with E-state index in [1.165, 1.54) is 0 Å². The summed E-state index contributed by atoms with van der Waals surface area (Å²) in [7, 11) is 0. The topological polar surface area (TPSA) is 62.2 Å². The molecule has 21 heavy (non-hydrogen) atoms. The molecule has 0 aliphatic heterocycles. The van der Waals surface area contributed by atoms with Gasteiger partial charge in [0.05, 0.1) is 22.7 Å². The largest absolute Gasteiger partial charge is 0.392 e. The van der Waals surface area contributed by atoms with Crippen molar-refractivity contribution in [2.45, 2.75) is 32.3 Å². The number of thiazole rings is 1. The van der Waals surface area contributed by atoms with Gasteiger partial charge in [0.2, 0.25) is 5.91 Å². The maximum Gasteiger partial charge on any atom is 0.230 e. The second kappa shape index (κ2) is 5.95. The molecule has 1 aromatic heterocycles. The lowest BCUT2D eigenvalue weighted by Gasteiger charge is -2.14. The summed E-state index contributed by atoms with van der Waals surface area (Å²) in [6, 6.07) is 7.68. The van der Waals surface area contributed by atoms with E-state index in [2.05, 4.69) is 10.3 Å². The summed E-state index contributed by atoms with van der Waals surface area (Å²) in [4.78, 5) is 16.6. The number of amides is 1. The molecule has 1 fully saturated rings. The smallest absolute Gasteiger partial charge is 0.230 e. The lowest BCUT2D eigenvalue weighted by Crippen LogP contribution is -2.28. The van der Waals surface area contributed by atoms with Crippen LogP contribution in [0.4, 0.5) is 5.69 Å². The molecule has 1 amide bonds. The van der Waals surface area contributed by atoms with Crippen LogP contribution in [0.1, 0.15) is 24.3 Å². The summed E-state index contributed by atoms with van der Waals surface area (Å²) < 4.78 is 0. The third-order valence-electron chi connectivity index (χ3n) is 3.86. The van der Waals surface area contributed by atoms with Crippen LogP contribution in [0, 0.1) is 12.8 Å². The fraction of sp³-hybridized carbons (Fsp3) is 0.375. The molecule has 1 heterocycles. The molecule has 0 radical (unpaired) electrons. The van der Waals surface area contributed by atoms with Crippen molar-refractivity contribution in [3.63, 3.8) is 0 Å². The first-order valence-electron chi connectivity index (χ1n) is 7.15. The van der Waals surface area contributed by atoms with Gasteiger partial charge < -0.3 is 10.4 Å². The third-order valence-corrected chi connectivity index (χ3v) is 4.63. The van der Waals surface area contributed by atoms with Gasteiger partial charge in [-0.1, -0.05) is 12.1 Å². The number of rotatable bonds is 3. The third kappa shape index (κ3) is 3.14. The summed E-state index contributed by atoms with van der Waals surface area (Å²) in [6.45, 7) is 1.97. The highest BCUT2D eigenvalue weighted by molar-refractivity contribution is 7.09. The van der Waals surface area contributed by atoms with Crippen LogP contribution in [0.2, 0.25) is 0 Å². The van der Waals surface area contributed by atoms with E-state index in [4.69, 9.17) is 0 Å². The first-order chi connectivity index (χ1) is 10.1. The molecule has 5 heteroatoms. The molecular weight excluding hydrogens is 284 g/mol. The fourth-order valence-corrected chi connectivity index (χ4v) is 3.36. The van der Waals surface area contributed by atoms with E-state index in [1.807, 2.05) is 36.6 Å². The highest BCUT2D eigenvalue weighted by Gasteiger charge is 2.31. The molecule has 110 valence electrons. The Balaban J connectivity index is 1.76. The molecule has 2 unspecified atom stereocenters. The van der Waals surface area contributed by atoms with E-state index in [9.17, 15) is 9.90 Å². The van der Waals surface area contributed by atoms with Crippen LogP contribution in [-0.4, -0.2) is 22.1 Å². The van der Waals surface area contributed by atoms with Crippen molar-refractivity contribution < 1.29 is 9.90 Å².